The first kappa shape index (κ1) is 21.4. The zero-order valence-electron chi connectivity index (χ0n) is 16.9. The smallest absolute Gasteiger partial charge is 0.125 e. The summed E-state index contributed by atoms with van der Waals surface area (Å²) < 4.78 is 2.95. The molecule has 2 aliphatic carbocycles. The Morgan fingerprint density at radius 1 is 0.667 bits per heavy atom. The molecule has 0 bridgehead atoms. The Balaban J connectivity index is 1.79. The van der Waals surface area contributed by atoms with Gasteiger partial charge in [-0.05, 0) is 32.7 Å². The second-order valence-corrected chi connectivity index (χ2v) is 22.7. The maximum Gasteiger partial charge on any atom is 0.125 e. The maximum atomic E-state index is 2.95. The minimum Gasteiger partial charge on any atom is -0.347 e. The predicted molar refractivity (Wildman–Crippen MR) is 121 cm³/mol. The molecule has 2 fully saturated rings. The summed E-state index contributed by atoms with van der Waals surface area (Å²) in [6.07, 6.45) is 14.8. The third-order valence-corrected chi connectivity index (χ3v) is 22.4. The Labute approximate surface area is 162 Å². The number of hydrogen-bond donors (Lipinski definition) is 0. The minimum atomic E-state index is -1.27. The SMILES string of the molecule is CN([Si](C)(C)CSC1CCCCC1)[Si](C)(C)CSC1CCCCC1. The van der Waals surface area contributed by atoms with Crippen molar-refractivity contribution in [3.8, 4) is 0 Å². The van der Waals surface area contributed by atoms with Crippen LogP contribution in [0.1, 0.15) is 64.2 Å². The average Bonchev–Trinajstić information content (AvgIpc) is 2.59. The van der Waals surface area contributed by atoms with E-state index in [1.807, 2.05) is 0 Å². The molecule has 0 amide bonds. The summed E-state index contributed by atoms with van der Waals surface area (Å²) in [5, 5.41) is 4.83. The fourth-order valence-corrected chi connectivity index (χ4v) is 19.9. The van der Waals surface area contributed by atoms with Gasteiger partial charge in [0, 0.05) is 21.3 Å². The van der Waals surface area contributed by atoms with E-state index in [9.17, 15) is 0 Å². The number of nitrogens with zero attached hydrogens (tertiary/aromatic N) is 1. The van der Waals surface area contributed by atoms with Gasteiger partial charge in [0.05, 0.1) is 0 Å². The molecule has 0 radical (unpaired) electrons. The van der Waals surface area contributed by atoms with Gasteiger partial charge in [0.15, 0.2) is 0 Å². The van der Waals surface area contributed by atoms with E-state index >= 15 is 0 Å². The van der Waals surface area contributed by atoms with Crippen molar-refractivity contribution in [3.63, 3.8) is 0 Å². The van der Waals surface area contributed by atoms with E-state index in [1.54, 1.807) is 0 Å². The van der Waals surface area contributed by atoms with Crippen LogP contribution < -0.4 is 0 Å². The van der Waals surface area contributed by atoms with Crippen LogP contribution >= 0.6 is 23.5 Å². The summed E-state index contributed by atoms with van der Waals surface area (Å²) in [5.74, 6) is 0. The average molecular weight is 404 g/mol. The molecule has 0 aromatic carbocycles. The number of hydrogen-bond acceptors (Lipinski definition) is 3. The van der Waals surface area contributed by atoms with Crippen molar-refractivity contribution in [1.82, 2.24) is 4.23 Å². The molecule has 2 saturated carbocycles. The molecule has 2 rings (SSSR count). The summed E-state index contributed by atoms with van der Waals surface area (Å²) in [6, 6.07) is 0. The topological polar surface area (TPSA) is 3.24 Å². The zero-order chi connectivity index (χ0) is 17.6. The van der Waals surface area contributed by atoms with Gasteiger partial charge < -0.3 is 4.23 Å². The van der Waals surface area contributed by atoms with Gasteiger partial charge in [-0.2, -0.15) is 23.5 Å². The number of rotatable bonds is 8. The van der Waals surface area contributed by atoms with Gasteiger partial charge in [-0.15, -0.1) is 0 Å². The van der Waals surface area contributed by atoms with Crippen molar-refractivity contribution in [2.45, 2.75) is 101 Å². The summed E-state index contributed by atoms with van der Waals surface area (Å²) in [7, 11) is -0.0488. The van der Waals surface area contributed by atoms with Crippen LogP contribution in [0, 0.1) is 0 Å². The van der Waals surface area contributed by atoms with Gasteiger partial charge in [0.1, 0.15) is 16.5 Å². The molecule has 0 aromatic heterocycles. The first-order valence-corrected chi connectivity index (χ1v) is 18.7. The summed E-state index contributed by atoms with van der Waals surface area (Å²) in [5.41, 5.74) is 0. The molecule has 0 saturated heterocycles. The fourth-order valence-electron chi connectivity index (χ4n) is 4.12. The highest BCUT2D eigenvalue weighted by molar-refractivity contribution is 8.02. The quantitative estimate of drug-likeness (QED) is 0.424. The largest absolute Gasteiger partial charge is 0.347 e. The molecular formula is C19H41NS2Si2. The highest BCUT2D eigenvalue weighted by atomic mass is 32.2. The zero-order valence-corrected chi connectivity index (χ0v) is 20.5. The van der Waals surface area contributed by atoms with Gasteiger partial charge in [0.2, 0.25) is 0 Å². The normalized spacial score (nSPS) is 22.2. The van der Waals surface area contributed by atoms with Gasteiger partial charge in [-0.1, -0.05) is 64.7 Å². The molecule has 0 unspecified atom stereocenters. The van der Waals surface area contributed by atoms with E-state index in [4.69, 9.17) is 0 Å². The van der Waals surface area contributed by atoms with Crippen LogP contribution in [-0.2, 0) is 0 Å². The van der Waals surface area contributed by atoms with Gasteiger partial charge in [-0.3, -0.25) is 0 Å². The number of thioether (sulfide) groups is 2. The fraction of sp³-hybridized carbons (Fsp3) is 1.00. The molecule has 0 aromatic rings. The van der Waals surface area contributed by atoms with Crippen LogP contribution in [0.5, 0.6) is 0 Å². The second-order valence-electron chi connectivity index (χ2n) is 9.33. The standard InChI is InChI=1S/C19H41NS2Si2/c1-20(23(2,3)16-21-18-12-8-6-9-13-18)24(4,5)17-22-19-14-10-7-11-15-19/h18-19H,6-17H2,1-5H3. The van der Waals surface area contributed by atoms with E-state index < -0.39 is 16.5 Å². The van der Waals surface area contributed by atoms with Crippen LogP contribution in [0.15, 0.2) is 0 Å². The van der Waals surface area contributed by atoms with Crippen molar-refractivity contribution in [2.75, 3.05) is 17.8 Å². The van der Waals surface area contributed by atoms with Crippen LogP contribution in [0.2, 0.25) is 26.2 Å². The summed E-state index contributed by atoms with van der Waals surface area (Å²) in [4.78, 5) is 0. The first-order valence-electron chi connectivity index (χ1n) is 10.3. The lowest BCUT2D eigenvalue weighted by Crippen LogP contribution is -2.63. The van der Waals surface area contributed by atoms with Gasteiger partial charge >= 0.3 is 0 Å². The maximum absolute atomic E-state index is 2.95. The molecule has 0 heterocycles. The van der Waals surface area contributed by atoms with Gasteiger partial charge in [-0.25, -0.2) is 0 Å². The molecule has 5 heteroatoms. The van der Waals surface area contributed by atoms with E-state index in [-0.39, 0.29) is 0 Å². The third kappa shape index (κ3) is 6.68. The lowest BCUT2D eigenvalue weighted by molar-refractivity contribution is 0.516. The Hall–Kier alpha value is 1.09. The minimum absolute atomic E-state index is 0.973. The lowest BCUT2D eigenvalue weighted by Gasteiger charge is -2.45. The Morgan fingerprint density at radius 3 is 1.33 bits per heavy atom. The first-order chi connectivity index (χ1) is 11.3. The van der Waals surface area contributed by atoms with E-state index in [0.29, 0.717) is 0 Å². The highest BCUT2D eigenvalue weighted by Gasteiger charge is 2.38. The molecule has 0 N–H and O–H groups in total. The molecule has 1 nitrogen and oxygen atoms in total. The van der Waals surface area contributed by atoms with Crippen LogP contribution in [-0.4, -0.2) is 49.0 Å². The molecule has 2 aliphatic rings. The van der Waals surface area contributed by atoms with E-state index in [0.717, 1.165) is 10.5 Å². The van der Waals surface area contributed by atoms with Crippen molar-refractivity contribution in [2.24, 2.45) is 0 Å². The summed E-state index contributed by atoms with van der Waals surface area (Å²) >= 11 is 4.66. The van der Waals surface area contributed by atoms with E-state index in [1.165, 1.54) is 75.0 Å². The van der Waals surface area contributed by atoms with Crippen molar-refractivity contribution in [3.05, 3.63) is 0 Å². The molecular weight excluding hydrogens is 363 g/mol. The Kier molecular flexibility index (Phi) is 8.79. The third-order valence-electron chi connectivity index (χ3n) is 6.26. The van der Waals surface area contributed by atoms with Crippen molar-refractivity contribution >= 4 is 40.0 Å². The Bertz CT molecular complexity index is 330. The molecule has 0 atom stereocenters. The van der Waals surface area contributed by atoms with Crippen LogP contribution in [0.25, 0.3) is 0 Å². The van der Waals surface area contributed by atoms with Crippen molar-refractivity contribution < 1.29 is 0 Å². The van der Waals surface area contributed by atoms with Gasteiger partial charge in [0.25, 0.3) is 0 Å². The Morgan fingerprint density at radius 2 is 1.00 bits per heavy atom. The molecule has 24 heavy (non-hydrogen) atoms. The second kappa shape index (κ2) is 9.86. The molecule has 0 spiro atoms. The van der Waals surface area contributed by atoms with Crippen molar-refractivity contribution in [1.29, 1.82) is 0 Å². The highest BCUT2D eigenvalue weighted by Crippen LogP contribution is 2.34. The monoisotopic (exact) mass is 403 g/mol. The van der Waals surface area contributed by atoms with Crippen LogP contribution in [0.3, 0.4) is 0 Å². The van der Waals surface area contributed by atoms with Crippen LogP contribution in [0.4, 0.5) is 0 Å². The molecule has 0 aliphatic heterocycles. The summed E-state index contributed by atoms with van der Waals surface area (Å²) in [6.45, 7) is 10.5. The predicted octanol–water partition coefficient (Wildman–Crippen LogP) is 6.54. The van der Waals surface area contributed by atoms with E-state index in [2.05, 4.69) is 61.0 Å². The molecule has 142 valence electrons. The lowest BCUT2D eigenvalue weighted by atomic mass is 10.0.